The Morgan fingerprint density at radius 2 is 1.81 bits per heavy atom. The fraction of sp³-hybridized carbons (Fsp3) is 0.364. The largest absolute Gasteiger partial charge is 0.469 e. The van der Waals surface area contributed by atoms with E-state index < -0.39 is 0 Å². The summed E-state index contributed by atoms with van der Waals surface area (Å²) in [5, 5.41) is 0. The summed E-state index contributed by atoms with van der Waals surface area (Å²) in [7, 11) is 1.36. The Hall–Kier alpha value is -2.27. The molecule has 0 radical (unpaired) electrons. The summed E-state index contributed by atoms with van der Waals surface area (Å²) in [5.41, 5.74) is 4.52. The fourth-order valence-corrected chi connectivity index (χ4v) is 3.64. The first-order valence-corrected chi connectivity index (χ1v) is 10.4. The van der Waals surface area contributed by atoms with Crippen LogP contribution in [0, 0.1) is 0 Å². The van der Waals surface area contributed by atoms with Crippen LogP contribution in [-0.2, 0) is 20.7 Å². The summed E-state index contributed by atoms with van der Waals surface area (Å²) in [6, 6.07) is 16.5. The predicted octanol–water partition coefficient (Wildman–Crippen LogP) is 5.26. The molecule has 0 aliphatic carbocycles. The number of esters is 1. The molecule has 2 rings (SSSR count). The second-order valence-electron chi connectivity index (χ2n) is 6.26. The van der Waals surface area contributed by atoms with Gasteiger partial charge in [-0.3, -0.25) is 13.9 Å². The molecule has 0 aromatic heterocycles. The maximum Gasteiger partial charge on any atom is 0.305 e. The van der Waals surface area contributed by atoms with Crippen LogP contribution in [0.2, 0.25) is 0 Å². The van der Waals surface area contributed by atoms with E-state index in [0.29, 0.717) is 12.8 Å². The number of hydrogen-bond acceptors (Lipinski definition) is 4. The van der Waals surface area contributed by atoms with Crippen molar-refractivity contribution in [2.75, 3.05) is 17.7 Å². The highest BCUT2D eigenvalue weighted by molar-refractivity contribution is 8.00. The highest BCUT2D eigenvalue weighted by atomic mass is 32.2. The second kappa shape index (κ2) is 10.8. The number of aryl methyl sites for hydroxylation is 1. The summed E-state index contributed by atoms with van der Waals surface area (Å²) in [5.74, 6) is -0.280. The number of hydrogen-bond donors (Lipinski definition) is 0. The Morgan fingerprint density at radius 1 is 1.07 bits per heavy atom. The second-order valence-corrected chi connectivity index (χ2v) is 6.99. The molecule has 5 heteroatoms. The van der Waals surface area contributed by atoms with Gasteiger partial charge in [-0.1, -0.05) is 49.7 Å². The first kappa shape index (κ1) is 21.0. The van der Waals surface area contributed by atoms with E-state index >= 15 is 0 Å². The molecule has 144 valence electrons. The zero-order valence-electron chi connectivity index (χ0n) is 16.2. The molecule has 0 unspecified atom stereocenters. The van der Waals surface area contributed by atoms with E-state index in [1.807, 2.05) is 30.5 Å². The number of ether oxygens (including phenoxy) is 1. The maximum atomic E-state index is 12.6. The normalized spacial score (nSPS) is 10.5. The lowest BCUT2D eigenvalue weighted by Gasteiger charge is -2.21. The van der Waals surface area contributed by atoms with E-state index in [0.717, 1.165) is 18.5 Å². The molecule has 1 amide bonds. The van der Waals surface area contributed by atoms with E-state index in [1.54, 1.807) is 4.31 Å². The van der Waals surface area contributed by atoms with Crippen molar-refractivity contribution in [1.29, 1.82) is 0 Å². The minimum atomic E-state index is -0.282. The Bertz CT molecular complexity index is 761. The summed E-state index contributed by atoms with van der Waals surface area (Å²) in [6.07, 6.45) is 4.96. The van der Waals surface area contributed by atoms with Crippen LogP contribution < -0.4 is 4.31 Å². The number of carbonyl (C=O) groups excluding carboxylic acids is 2. The van der Waals surface area contributed by atoms with Crippen molar-refractivity contribution in [3.63, 3.8) is 0 Å². The van der Waals surface area contributed by atoms with Gasteiger partial charge in [-0.05, 0) is 53.6 Å². The molecule has 0 aliphatic rings. The predicted molar refractivity (Wildman–Crippen MR) is 113 cm³/mol. The van der Waals surface area contributed by atoms with Crippen LogP contribution in [0.25, 0.3) is 11.1 Å². The van der Waals surface area contributed by atoms with Crippen LogP contribution in [0.4, 0.5) is 5.69 Å². The summed E-state index contributed by atoms with van der Waals surface area (Å²) in [6.45, 7) is 2.16. The molecular weight excluding hydrogens is 358 g/mol. The lowest BCUT2D eigenvalue weighted by molar-refractivity contribution is -0.140. The number of anilines is 1. The molecule has 0 saturated carbocycles. The summed E-state index contributed by atoms with van der Waals surface area (Å²) < 4.78 is 6.35. The minimum absolute atomic E-state index is 0.00122. The highest BCUT2D eigenvalue weighted by Crippen LogP contribution is 2.31. The maximum absolute atomic E-state index is 12.6. The third-order valence-electron chi connectivity index (χ3n) is 4.34. The van der Waals surface area contributed by atoms with E-state index in [-0.39, 0.29) is 18.3 Å². The van der Waals surface area contributed by atoms with Crippen LogP contribution in [0.15, 0.2) is 48.5 Å². The molecule has 0 N–H and O–H groups in total. The molecule has 2 aromatic carbocycles. The van der Waals surface area contributed by atoms with E-state index in [2.05, 4.69) is 35.9 Å². The zero-order chi connectivity index (χ0) is 19.6. The van der Waals surface area contributed by atoms with Gasteiger partial charge in [0, 0.05) is 19.1 Å². The number of rotatable bonds is 9. The Kier molecular flexibility index (Phi) is 8.40. The van der Waals surface area contributed by atoms with Crippen LogP contribution >= 0.6 is 11.9 Å². The number of carbonyl (C=O) groups is 2. The Labute approximate surface area is 166 Å². The molecule has 0 saturated heterocycles. The van der Waals surface area contributed by atoms with Gasteiger partial charge >= 0.3 is 5.97 Å². The quantitative estimate of drug-likeness (QED) is 0.436. The average molecular weight is 386 g/mol. The first-order valence-electron chi connectivity index (χ1n) is 9.23. The number of amides is 1. The molecule has 4 nitrogen and oxygen atoms in total. The molecular formula is C22H27NO3S. The fourth-order valence-electron chi connectivity index (χ4n) is 3.02. The van der Waals surface area contributed by atoms with Gasteiger partial charge in [0.2, 0.25) is 5.91 Å². The number of nitrogens with zero attached hydrogens (tertiary/aromatic N) is 1. The third-order valence-corrected chi connectivity index (χ3v) is 5.12. The summed E-state index contributed by atoms with van der Waals surface area (Å²) >= 11 is 1.39. The molecule has 0 aliphatic heterocycles. The van der Waals surface area contributed by atoms with Gasteiger partial charge in [0.15, 0.2) is 0 Å². The molecule has 0 bridgehead atoms. The molecule has 0 atom stereocenters. The van der Waals surface area contributed by atoms with Crippen molar-refractivity contribution >= 4 is 29.5 Å². The molecule has 27 heavy (non-hydrogen) atoms. The van der Waals surface area contributed by atoms with Crippen LogP contribution in [-0.4, -0.2) is 25.2 Å². The lowest BCUT2D eigenvalue weighted by atomic mass is 9.96. The standard InChI is InChI=1S/C22H27NO3S/c1-4-9-18-16-19(14-15-20(18)17-10-6-5-7-11-17)23(27-3)21(24)12-8-13-22(25)26-2/h5-7,10-11,14-16H,4,8-9,12-13H2,1-3H3. The van der Waals surface area contributed by atoms with Crippen molar-refractivity contribution in [2.45, 2.75) is 39.0 Å². The third kappa shape index (κ3) is 5.86. The van der Waals surface area contributed by atoms with Gasteiger partial charge in [0.05, 0.1) is 12.8 Å². The van der Waals surface area contributed by atoms with Crippen molar-refractivity contribution < 1.29 is 14.3 Å². The van der Waals surface area contributed by atoms with Crippen LogP contribution in [0.1, 0.15) is 38.2 Å². The van der Waals surface area contributed by atoms with Crippen molar-refractivity contribution in [3.8, 4) is 11.1 Å². The van der Waals surface area contributed by atoms with Gasteiger partial charge in [-0.25, -0.2) is 0 Å². The smallest absolute Gasteiger partial charge is 0.305 e. The number of methoxy groups -OCH3 is 1. The van der Waals surface area contributed by atoms with Crippen molar-refractivity contribution in [1.82, 2.24) is 0 Å². The topological polar surface area (TPSA) is 46.6 Å². The molecule has 2 aromatic rings. The first-order chi connectivity index (χ1) is 13.1. The van der Waals surface area contributed by atoms with Crippen LogP contribution in [0.3, 0.4) is 0 Å². The van der Waals surface area contributed by atoms with Gasteiger partial charge < -0.3 is 4.74 Å². The van der Waals surface area contributed by atoms with Gasteiger partial charge in [0.1, 0.15) is 0 Å². The van der Waals surface area contributed by atoms with Crippen molar-refractivity contribution in [3.05, 3.63) is 54.1 Å². The van der Waals surface area contributed by atoms with E-state index in [1.165, 1.54) is 35.7 Å². The number of benzene rings is 2. The highest BCUT2D eigenvalue weighted by Gasteiger charge is 2.17. The SMILES string of the molecule is CCCc1cc(N(SC)C(=O)CCCC(=O)OC)ccc1-c1ccccc1. The van der Waals surface area contributed by atoms with Gasteiger partial charge in [-0.15, -0.1) is 0 Å². The summed E-state index contributed by atoms with van der Waals surface area (Å²) in [4.78, 5) is 23.9. The molecule has 0 spiro atoms. The monoisotopic (exact) mass is 385 g/mol. The van der Waals surface area contributed by atoms with Gasteiger partial charge in [0.25, 0.3) is 0 Å². The Balaban J connectivity index is 2.21. The molecule has 0 heterocycles. The average Bonchev–Trinajstić information content (AvgIpc) is 2.69. The van der Waals surface area contributed by atoms with E-state index in [4.69, 9.17) is 0 Å². The van der Waals surface area contributed by atoms with Crippen molar-refractivity contribution in [2.24, 2.45) is 0 Å². The zero-order valence-corrected chi connectivity index (χ0v) is 17.1. The van der Waals surface area contributed by atoms with Crippen LogP contribution in [0.5, 0.6) is 0 Å². The lowest BCUT2D eigenvalue weighted by Crippen LogP contribution is -2.23. The minimum Gasteiger partial charge on any atom is -0.469 e. The van der Waals surface area contributed by atoms with Gasteiger partial charge in [-0.2, -0.15) is 0 Å². The Morgan fingerprint density at radius 3 is 2.44 bits per heavy atom. The van der Waals surface area contributed by atoms with E-state index in [9.17, 15) is 9.59 Å². The molecule has 0 fully saturated rings.